The molecule has 0 spiro atoms. The number of hydrogen-bond acceptors (Lipinski definition) is 3. The van der Waals surface area contributed by atoms with Gasteiger partial charge in [-0.25, -0.2) is 0 Å². The van der Waals surface area contributed by atoms with Gasteiger partial charge < -0.3 is 15.1 Å². The molecule has 0 saturated carbocycles. The molecule has 21 heavy (non-hydrogen) atoms. The van der Waals surface area contributed by atoms with Crippen molar-refractivity contribution in [3.8, 4) is 0 Å². The minimum atomic E-state index is -0.00858. The van der Waals surface area contributed by atoms with Crippen molar-refractivity contribution in [2.45, 2.75) is 20.3 Å². The molecule has 0 unspecified atom stereocenters. The second-order valence-electron chi connectivity index (χ2n) is 5.14. The molecular formula is C17H22N2O2. The summed E-state index contributed by atoms with van der Waals surface area (Å²) in [5.74, 6) is 1.41. The van der Waals surface area contributed by atoms with Crippen LogP contribution < -0.4 is 5.73 Å². The van der Waals surface area contributed by atoms with Gasteiger partial charge in [-0.3, -0.25) is 4.79 Å². The van der Waals surface area contributed by atoms with Gasteiger partial charge in [0.1, 0.15) is 11.5 Å². The van der Waals surface area contributed by atoms with E-state index in [0.29, 0.717) is 31.0 Å². The first-order valence-corrected chi connectivity index (χ1v) is 7.22. The largest absolute Gasteiger partial charge is 0.466 e. The Morgan fingerprint density at radius 2 is 1.90 bits per heavy atom. The third-order valence-electron chi connectivity index (χ3n) is 3.47. The first-order chi connectivity index (χ1) is 10.1. The number of aryl methyl sites for hydroxylation is 2. The van der Waals surface area contributed by atoms with Crippen LogP contribution in [0.3, 0.4) is 0 Å². The van der Waals surface area contributed by atoms with Gasteiger partial charge in [0, 0.05) is 19.6 Å². The Balaban J connectivity index is 2.07. The van der Waals surface area contributed by atoms with Crippen molar-refractivity contribution in [1.29, 1.82) is 0 Å². The van der Waals surface area contributed by atoms with E-state index in [1.807, 2.05) is 32.0 Å². The number of amides is 1. The minimum Gasteiger partial charge on any atom is -0.466 e. The predicted octanol–water partition coefficient (Wildman–Crippen LogP) is 2.54. The van der Waals surface area contributed by atoms with Crippen LogP contribution in [0.5, 0.6) is 0 Å². The average Bonchev–Trinajstić information content (AvgIpc) is 2.82. The van der Waals surface area contributed by atoms with E-state index in [4.69, 9.17) is 10.2 Å². The Kier molecular flexibility index (Phi) is 5.17. The molecule has 0 aliphatic rings. The summed E-state index contributed by atoms with van der Waals surface area (Å²) in [6, 6.07) is 11.9. The Labute approximate surface area is 125 Å². The lowest BCUT2D eigenvalue weighted by molar-refractivity contribution is 0.0760. The lowest BCUT2D eigenvalue weighted by Gasteiger charge is -2.21. The molecule has 0 bridgehead atoms. The van der Waals surface area contributed by atoms with Gasteiger partial charge in [0.15, 0.2) is 0 Å². The minimum absolute atomic E-state index is 0.00858. The zero-order valence-electron chi connectivity index (χ0n) is 12.6. The van der Waals surface area contributed by atoms with Crippen molar-refractivity contribution < 1.29 is 9.21 Å². The summed E-state index contributed by atoms with van der Waals surface area (Å²) in [6.45, 7) is 5.33. The highest BCUT2D eigenvalue weighted by Crippen LogP contribution is 2.16. The maximum atomic E-state index is 12.6. The number of nitrogens with zero attached hydrogens (tertiary/aromatic N) is 1. The quantitative estimate of drug-likeness (QED) is 0.887. The summed E-state index contributed by atoms with van der Waals surface area (Å²) in [5, 5.41) is 0. The number of carbonyl (C=O) groups is 1. The Morgan fingerprint density at radius 1 is 1.19 bits per heavy atom. The van der Waals surface area contributed by atoms with E-state index in [2.05, 4.69) is 12.1 Å². The maximum Gasteiger partial charge on any atom is 0.257 e. The number of carbonyl (C=O) groups excluding carboxylic acids is 1. The fraction of sp³-hybridized carbons (Fsp3) is 0.353. The number of benzene rings is 1. The number of furan rings is 1. The molecule has 0 fully saturated rings. The van der Waals surface area contributed by atoms with E-state index in [1.165, 1.54) is 5.56 Å². The van der Waals surface area contributed by atoms with E-state index >= 15 is 0 Å². The van der Waals surface area contributed by atoms with Gasteiger partial charge in [-0.05, 0) is 31.9 Å². The second kappa shape index (κ2) is 7.09. The second-order valence-corrected chi connectivity index (χ2v) is 5.14. The Morgan fingerprint density at radius 3 is 2.48 bits per heavy atom. The van der Waals surface area contributed by atoms with Crippen LogP contribution in [-0.2, 0) is 6.42 Å². The lowest BCUT2D eigenvalue weighted by Crippen LogP contribution is -2.37. The van der Waals surface area contributed by atoms with Gasteiger partial charge >= 0.3 is 0 Å². The van der Waals surface area contributed by atoms with E-state index in [9.17, 15) is 4.79 Å². The molecule has 2 N–H and O–H groups in total. The van der Waals surface area contributed by atoms with Crippen molar-refractivity contribution in [2.75, 3.05) is 19.6 Å². The van der Waals surface area contributed by atoms with E-state index in [-0.39, 0.29) is 5.91 Å². The van der Waals surface area contributed by atoms with Crippen LogP contribution >= 0.6 is 0 Å². The first kappa shape index (κ1) is 15.3. The zero-order valence-corrected chi connectivity index (χ0v) is 12.6. The number of rotatable bonds is 6. The number of nitrogens with two attached hydrogens (primary N) is 1. The molecule has 0 aliphatic heterocycles. The van der Waals surface area contributed by atoms with Gasteiger partial charge in [-0.1, -0.05) is 30.3 Å². The van der Waals surface area contributed by atoms with Crippen molar-refractivity contribution in [2.24, 2.45) is 5.73 Å². The highest BCUT2D eigenvalue weighted by molar-refractivity contribution is 5.95. The summed E-state index contributed by atoms with van der Waals surface area (Å²) in [7, 11) is 0. The summed E-state index contributed by atoms with van der Waals surface area (Å²) in [4.78, 5) is 14.4. The van der Waals surface area contributed by atoms with Crippen molar-refractivity contribution in [1.82, 2.24) is 4.90 Å². The molecule has 1 amide bonds. The van der Waals surface area contributed by atoms with Gasteiger partial charge in [-0.2, -0.15) is 0 Å². The van der Waals surface area contributed by atoms with Gasteiger partial charge in [-0.15, -0.1) is 0 Å². The van der Waals surface area contributed by atoms with Crippen LogP contribution in [0.25, 0.3) is 0 Å². The Hall–Kier alpha value is -2.07. The summed E-state index contributed by atoms with van der Waals surface area (Å²) in [6.07, 6.45) is 0.822. The summed E-state index contributed by atoms with van der Waals surface area (Å²) < 4.78 is 5.45. The van der Waals surface area contributed by atoms with Gasteiger partial charge in [0.05, 0.1) is 5.56 Å². The fourth-order valence-corrected chi connectivity index (χ4v) is 2.39. The van der Waals surface area contributed by atoms with Crippen LogP contribution in [0.4, 0.5) is 0 Å². The third kappa shape index (κ3) is 3.95. The molecule has 0 aliphatic carbocycles. The smallest absolute Gasteiger partial charge is 0.257 e. The van der Waals surface area contributed by atoms with E-state index in [0.717, 1.165) is 12.2 Å². The number of hydrogen-bond donors (Lipinski definition) is 1. The molecule has 1 heterocycles. The van der Waals surface area contributed by atoms with Crippen LogP contribution in [0.1, 0.15) is 27.4 Å². The molecular weight excluding hydrogens is 264 g/mol. The summed E-state index contributed by atoms with van der Waals surface area (Å²) >= 11 is 0. The van der Waals surface area contributed by atoms with Crippen LogP contribution in [-0.4, -0.2) is 30.4 Å². The topological polar surface area (TPSA) is 59.5 Å². The molecule has 0 saturated heterocycles. The van der Waals surface area contributed by atoms with Crippen molar-refractivity contribution in [3.05, 3.63) is 59.0 Å². The van der Waals surface area contributed by atoms with Crippen LogP contribution in [0.15, 0.2) is 40.8 Å². The predicted molar refractivity (Wildman–Crippen MR) is 83.3 cm³/mol. The molecule has 4 nitrogen and oxygen atoms in total. The Bertz CT molecular complexity index is 590. The maximum absolute atomic E-state index is 12.6. The molecule has 1 aromatic heterocycles. The third-order valence-corrected chi connectivity index (χ3v) is 3.47. The zero-order chi connectivity index (χ0) is 15.2. The molecule has 0 radical (unpaired) electrons. The molecule has 0 atom stereocenters. The SMILES string of the molecule is Cc1cc(C(=O)N(CCN)CCc2ccccc2)c(C)o1. The van der Waals surface area contributed by atoms with Crippen LogP contribution in [0, 0.1) is 13.8 Å². The fourth-order valence-electron chi connectivity index (χ4n) is 2.39. The lowest BCUT2D eigenvalue weighted by atomic mass is 10.1. The van der Waals surface area contributed by atoms with E-state index < -0.39 is 0 Å². The average molecular weight is 286 g/mol. The molecule has 4 heteroatoms. The van der Waals surface area contributed by atoms with Crippen molar-refractivity contribution >= 4 is 5.91 Å². The molecule has 1 aromatic carbocycles. The highest BCUT2D eigenvalue weighted by atomic mass is 16.3. The molecule has 2 rings (SSSR count). The monoisotopic (exact) mass is 286 g/mol. The van der Waals surface area contributed by atoms with Crippen LogP contribution in [0.2, 0.25) is 0 Å². The summed E-state index contributed by atoms with van der Waals surface area (Å²) in [5.41, 5.74) is 7.49. The van der Waals surface area contributed by atoms with Gasteiger partial charge in [0.2, 0.25) is 0 Å². The highest BCUT2D eigenvalue weighted by Gasteiger charge is 2.19. The first-order valence-electron chi connectivity index (χ1n) is 7.22. The molecule has 2 aromatic rings. The van der Waals surface area contributed by atoms with E-state index in [1.54, 1.807) is 11.0 Å². The normalized spacial score (nSPS) is 10.6. The van der Waals surface area contributed by atoms with Gasteiger partial charge in [0.25, 0.3) is 5.91 Å². The van der Waals surface area contributed by atoms with Crippen molar-refractivity contribution in [3.63, 3.8) is 0 Å². The standard InChI is InChI=1S/C17H22N2O2/c1-13-12-16(14(2)21-13)17(20)19(11-9-18)10-8-15-6-4-3-5-7-15/h3-7,12H,8-11,18H2,1-2H3. The molecule has 112 valence electrons.